The van der Waals surface area contributed by atoms with Crippen molar-refractivity contribution in [3.63, 3.8) is 0 Å². The third kappa shape index (κ3) is 2.37. The zero-order valence-electron chi connectivity index (χ0n) is 8.78. The van der Waals surface area contributed by atoms with Gasteiger partial charge in [0.15, 0.2) is 0 Å². The summed E-state index contributed by atoms with van der Waals surface area (Å²) in [6.07, 6.45) is 0. The van der Waals surface area contributed by atoms with Crippen LogP contribution in [0.3, 0.4) is 0 Å². The van der Waals surface area contributed by atoms with Crippen molar-refractivity contribution in [2.75, 3.05) is 6.61 Å². The summed E-state index contributed by atoms with van der Waals surface area (Å²) in [4.78, 5) is 15.5. The molecule has 2 aromatic rings. The molecule has 1 aromatic heterocycles. The van der Waals surface area contributed by atoms with Crippen LogP contribution in [0.1, 0.15) is 17.5 Å². The van der Waals surface area contributed by atoms with Crippen molar-refractivity contribution in [1.82, 2.24) is 15.2 Å². The van der Waals surface area contributed by atoms with E-state index in [0.717, 1.165) is 0 Å². The topological polar surface area (TPSA) is 65.0 Å². The van der Waals surface area contributed by atoms with E-state index in [-0.39, 0.29) is 12.4 Å². The van der Waals surface area contributed by atoms with Gasteiger partial charge in [-0.2, -0.15) is 0 Å². The number of hydrogen-bond acceptors (Lipinski definition) is 5. The average Bonchev–Trinajstić information content (AvgIpc) is 2.34. The Balaban J connectivity index is 2.56. The second-order valence-electron chi connectivity index (χ2n) is 3.08. The Bertz CT molecular complexity index is 591. The van der Waals surface area contributed by atoms with E-state index in [1.165, 1.54) is 0 Å². The minimum atomic E-state index is -0.613. The van der Waals surface area contributed by atoms with E-state index in [9.17, 15) is 4.79 Å². The Morgan fingerprint density at radius 1 is 1.47 bits per heavy atom. The number of carbonyl (C=O) groups is 1. The maximum Gasteiger partial charge on any atom is 0.378 e. The lowest BCUT2D eigenvalue weighted by molar-refractivity contribution is 0.0511. The van der Waals surface area contributed by atoms with Crippen molar-refractivity contribution >= 4 is 44.5 Å². The van der Waals surface area contributed by atoms with E-state index in [4.69, 9.17) is 16.3 Å². The first-order valence-electron chi connectivity index (χ1n) is 4.79. The van der Waals surface area contributed by atoms with Gasteiger partial charge in [-0.15, -0.1) is 10.2 Å². The van der Waals surface area contributed by atoms with Gasteiger partial charge in [-0.3, -0.25) is 0 Å². The van der Waals surface area contributed by atoms with Crippen molar-refractivity contribution in [3.05, 3.63) is 27.5 Å². The smallest absolute Gasteiger partial charge is 0.378 e. The molecule has 0 aliphatic rings. The maximum absolute atomic E-state index is 11.4. The summed E-state index contributed by atoms with van der Waals surface area (Å²) >= 11 is 9.32. The van der Waals surface area contributed by atoms with E-state index in [2.05, 4.69) is 31.1 Å². The number of hydrogen-bond donors (Lipinski definition) is 0. The van der Waals surface area contributed by atoms with Crippen molar-refractivity contribution in [3.8, 4) is 0 Å². The van der Waals surface area contributed by atoms with Gasteiger partial charge in [0.1, 0.15) is 11.0 Å². The fourth-order valence-corrected chi connectivity index (χ4v) is 1.75. The quantitative estimate of drug-likeness (QED) is 0.797. The van der Waals surface area contributed by atoms with Crippen molar-refractivity contribution in [2.24, 2.45) is 0 Å². The standard InChI is InChI=1S/C10H7BrClN3O2/c1-2-17-10(16)9-13-8-6(14-15-9)4-3-5(11)7(8)12/h3-4H,2H2,1H3. The van der Waals surface area contributed by atoms with Crippen LogP contribution in [-0.4, -0.2) is 27.8 Å². The molecule has 0 atom stereocenters. The van der Waals surface area contributed by atoms with Gasteiger partial charge in [0.2, 0.25) is 0 Å². The predicted molar refractivity (Wildman–Crippen MR) is 66.0 cm³/mol. The lowest BCUT2D eigenvalue weighted by Gasteiger charge is -2.03. The fraction of sp³-hybridized carbons (Fsp3) is 0.200. The van der Waals surface area contributed by atoms with Gasteiger partial charge < -0.3 is 4.74 Å². The first-order chi connectivity index (χ1) is 8.13. The number of halogens is 2. The third-order valence-corrected chi connectivity index (χ3v) is 3.25. The summed E-state index contributed by atoms with van der Waals surface area (Å²) in [5, 5.41) is 7.95. The normalized spacial score (nSPS) is 10.5. The predicted octanol–water partition coefficient (Wildman–Crippen LogP) is 2.62. The molecule has 1 heterocycles. The Kier molecular flexibility index (Phi) is 3.54. The highest BCUT2D eigenvalue weighted by Gasteiger charge is 2.14. The van der Waals surface area contributed by atoms with Crippen LogP contribution in [0, 0.1) is 0 Å². The molecule has 5 nitrogen and oxygen atoms in total. The summed E-state index contributed by atoms with van der Waals surface area (Å²) < 4.78 is 5.47. The molecule has 17 heavy (non-hydrogen) atoms. The number of aromatic nitrogens is 3. The highest BCUT2D eigenvalue weighted by molar-refractivity contribution is 9.10. The molecule has 0 saturated carbocycles. The van der Waals surface area contributed by atoms with E-state index >= 15 is 0 Å². The summed E-state index contributed by atoms with van der Waals surface area (Å²) in [7, 11) is 0. The van der Waals surface area contributed by atoms with E-state index in [0.29, 0.717) is 20.5 Å². The van der Waals surface area contributed by atoms with Crippen molar-refractivity contribution < 1.29 is 9.53 Å². The fourth-order valence-electron chi connectivity index (χ4n) is 1.23. The van der Waals surface area contributed by atoms with Crippen LogP contribution in [0.2, 0.25) is 5.02 Å². The number of rotatable bonds is 2. The Morgan fingerprint density at radius 3 is 2.94 bits per heavy atom. The van der Waals surface area contributed by atoms with Crippen molar-refractivity contribution in [1.29, 1.82) is 0 Å². The molecule has 1 aromatic carbocycles. The van der Waals surface area contributed by atoms with E-state index in [1.807, 2.05) is 0 Å². The molecule has 0 amide bonds. The molecular formula is C10H7BrClN3O2. The second-order valence-corrected chi connectivity index (χ2v) is 4.32. The summed E-state index contributed by atoms with van der Waals surface area (Å²) in [6, 6.07) is 3.45. The average molecular weight is 317 g/mol. The Hall–Kier alpha value is -1.27. The highest BCUT2D eigenvalue weighted by atomic mass is 79.9. The molecule has 0 radical (unpaired) electrons. The molecule has 0 N–H and O–H groups in total. The molecule has 0 bridgehead atoms. The number of ether oxygens (including phenoxy) is 1. The van der Waals surface area contributed by atoms with Crippen LogP contribution < -0.4 is 0 Å². The number of benzene rings is 1. The van der Waals surface area contributed by atoms with Gasteiger partial charge in [0.25, 0.3) is 5.82 Å². The first kappa shape index (κ1) is 12.2. The van der Waals surface area contributed by atoms with Gasteiger partial charge in [-0.25, -0.2) is 9.78 Å². The highest BCUT2D eigenvalue weighted by Crippen LogP contribution is 2.28. The van der Waals surface area contributed by atoms with Crippen LogP contribution in [0.25, 0.3) is 11.0 Å². The largest absolute Gasteiger partial charge is 0.460 e. The zero-order valence-corrected chi connectivity index (χ0v) is 11.1. The van der Waals surface area contributed by atoms with Crippen LogP contribution >= 0.6 is 27.5 Å². The van der Waals surface area contributed by atoms with Gasteiger partial charge in [-0.05, 0) is 35.0 Å². The molecule has 0 aliphatic heterocycles. The lowest BCUT2D eigenvalue weighted by Crippen LogP contribution is -2.11. The molecule has 7 heteroatoms. The molecule has 0 saturated heterocycles. The molecule has 0 aliphatic carbocycles. The van der Waals surface area contributed by atoms with Crippen LogP contribution in [0.15, 0.2) is 16.6 Å². The SMILES string of the molecule is CCOC(=O)c1nnc2ccc(Br)c(Cl)c2n1. The van der Waals surface area contributed by atoms with Gasteiger partial charge in [-0.1, -0.05) is 11.6 Å². The molecule has 88 valence electrons. The summed E-state index contributed by atoms with van der Waals surface area (Å²) in [6.45, 7) is 1.96. The number of nitrogens with zero attached hydrogens (tertiary/aromatic N) is 3. The van der Waals surface area contributed by atoms with E-state index in [1.54, 1.807) is 19.1 Å². The molecule has 2 rings (SSSR count). The zero-order chi connectivity index (χ0) is 12.4. The number of fused-ring (bicyclic) bond motifs is 1. The maximum atomic E-state index is 11.4. The van der Waals surface area contributed by atoms with Gasteiger partial charge in [0, 0.05) is 4.47 Å². The summed E-state index contributed by atoms with van der Waals surface area (Å²) in [5.41, 5.74) is 0.936. The third-order valence-electron chi connectivity index (χ3n) is 1.98. The molecule has 0 spiro atoms. The molecule has 0 fully saturated rings. The van der Waals surface area contributed by atoms with Crippen LogP contribution in [0.5, 0.6) is 0 Å². The van der Waals surface area contributed by atoms with Crippen molar-refractivity contribution in [2.45, 2.75) is 6.92 Å². The number of carbonyl (C=O) groups excluding carboxylic acids is 1. The second kappa shape index (κ2) is 4.93. The van der Waals surface area contributed by atoms with Gasteiger partial charge in [0.05, 0.1) is 11.6 Å². The Morgan fingerprint density at radius 2 is 2.24 bits per heavy atom. The summed E-state index contributed by atoms with van der Waals surface area (Å²) in [5.74, 6) is -0.711. The van der Waals surface area contributed by atoms with Crippen LogP contribution in [-0.2, 0) is 4.74 Å². The van der Waals surface area contributed by atoms with E-state index < -0.39 is 5.97 Å². The first-order valence-corrected chi connectivity index (χ1v) is 5.96. The minimum Gasteiger partial charge on any atom is -0.460 e. The monoisotopic (exact) mass is 315 g/mol. The lowest BCUT2D eigenvalue weighted by atomic mass is 10.3. The Labute approximate surface area is 110 Å². The van der Waals surface area contributed by atoms with Crippen LogP contribution in [0.4, 0.5) is 0 Å². The minimum absolute atomic E-state index is 0.0978. The molecule has 0 unspecified atom stereocenters. The van der Waals surface area contributed by atoms with Gasteiger partial charge >= 0.3 is 5.97 Å². The number of esters is 1. The molecular weight excluding hydrogens is 309 g/mol.